The lowest BCUT2D eigenvalue weighted by atomic mass is 10.1. The fourth-order valence-corrected chi connectivity index (χ4v) is 3.66. The number of esters is 1. The molecule has 0 unspecified atom stereocenters. The van der Waals surface area contributed by atoms with Crippen molar-refractivity contribution in [3.8, 4) is 5.75 Å². The number of nitrogens with zero attached hydrogens (tertiary/aromatic N) is 1. The van der Waals surface area contributed by atoms with Crippen LogP contribution < -0.4 is 10.1 Å². The predicted molar refractivity (Wildman–Crippen MR) is 124 cm³/mol. The van der Waals surface area contributed by atoms with Crippen LogP contribution >= 0.6 is 0 Å². The van der Waals surface area contributed by atoms with Gasteiger partial charge in [-0.05, 0) is 48.9 Å². The second-order valence-corrected chi connectivity index (χ2v) is 7.76. The minimum absolute atomic E-state index is 0.00658. The third-order valence-corrected chi connectivity index (χ3v) is 5.32. The molecule has 1 N–H and O–H groups in total. The first-order chi connectivity index (χ1) is 17.3. The molecule has 0 bridgehead atoms. The Morgan fingerprint density at radius 1 is 0.917 bits per heavy atom. The average molecular weight is 494 g/mol. The van der Waals surface area contributed by atoms with E-state index in [0.29, 0.717) is 16.7 Å². The van der Waals surface area contributed by atoms with Crippen molar-refractivity contribution >= 4 is 29.4 Å². The van der Waals surface area contributed by atoms with Crippen LogP contribution in [-0.4, -0.2) is 41.8 Å². The molecule has 3 amide bonds. The number of imide groups is 1. The fourth-order valence-electron chi connectivity index (χ4n) is 3.66. The third-order valence-electron chi connectivity index (χ3n) is 5.32. The summed E-state index contributed by atoms with van der Waals surface area (Å²) in [6.45, 7) is 1.17. The predicted octanol–water partition coefficient (Wildman–Crippen LogP) is 3.96. The molecule has 0 aliphatic carbocycles. The number of ether oxygens (including phenoxy) is 2. The van der Waals surface area contributed by atoms with Crippen molar-refractivity contribution in [1.82, 2.24) is 4.90 Å². The maximum Gasteiger partial charge on any atom is 0.342 e. The number of carbonyl (C=O) groups excluding carboxylic acids is 4. The molecule has 0 atom stereocenters. The van der Waals surface area contributed by atoms with Gasteiger partial charge in [0.05, 0.1) is 24.3 Å². The molecule has 8 nitrogen and oxygen atoms in total. The molecule has 10 heteroatoms. The minimum Gasteiger partial charge on any atom is -0.493 e. The molecule has 0 saturated heterocycles. The Balaban J connectivity index is 1.46. The average Bonchev–Trinajstić information content (AvgIpc) is 3.11. The van der Waals surface area contributed by atoms with Gasteiger partial charge < -0.3 is 14.8 Å². The largest absolute Gasteiger partial charge is 0.493 e. The van der Waals surface area contributed by atoms with E-state index in [-0.39, 0.29) is 30.2 Å². The van der Waals surface area contributed by atoms with Crippen molar-refractivity contribution in [3.63, 3.8) is 0 Å². The summed E-state index contributed by atoms with van der Waals surface area (Å²) in [6.07, 6.45) is 0. The topological polar surface area (TPSA) is 102 Å². The summed E-state index contributed by atoms with van der Waals surface area (Å²) in [5.41, 5.74) is 1.06. The van der Waals surface area contributed by atoms with Gasteiger partial charge in [-0.25, -0.2) is 13.6 Å². The third kappa shape index (κ3) is 5.07. The molecule has 1 heterocycles. The standard InChI is InChI=1S/C26H20F2N2O6/c1-2-35-22-10-7-15(13-30-24(32)17-5-3-4-6-18(17)25(30)33)11-19(22)26(34)36-14-23(31)29-16-8-9-20(27)21(28)12-16/h3-12H,2,13-14H2,1H3,(H,29,31). The second-order valence-electron chi connectivity index (χ2n) is 7.76. The number of hydrogen-bond donors (Lipinski definition) is 1. The van der Waals surface area contributed by atoms with Gasteiger partial charge in [0.1, 0.15) is 11.3 Å². The SMILES string of the molecule is CCOc1ccc(CN2C(=O)c3ccccc3C2=O)cc1C(=O)OCC(=O)Nc1ccc(F)c(F)c1. The summed E-state index contributed by atoms with van der Waals surface area (Å²) in [5, 5.41) is 2.30. The van der Waals surface area contributed by atoms with Crippen LogP contribution in [0, 0.1) is 11.6 Å². The van der Waals surface area contributed by atoms with Crippen LogP contribution in [0.2, 0.25) is 0 Å². The number of carbonyl (C=O) groups is 4. The van der Waals surface area contributed by atoms with E-state index < -0.39 is 41.9 Å². The summed E-state index contributed by atoms with van der Waals surface area (Å²) in [7, 11) is 0. The highest BCUT2D eigenvalue weighted by molar-refractivity contribution is 6.21. The monoisotopic (exact) mass is 494 g/mol. The summed E-state index contributed by atoms with van der Waals surface area (Å²) in [6, 6.07) is 13.8. The molecule has 184 valence electrons. The Morgan fingerprint density at radius 3 is 2.25 bits per heavy atom. The van der Waals surface area contributed by atoms with Crippen molar-refractivity contribution in [2.75, 3.05) is 18.5 Å². The van der Waals surface area contributed by atoms with Gasteiger partial charge in [-0.15, -0.1) is 0 Å². The number of hydrogen-bond acceptors (Lipinski definition) is 6. The van der Waals surface area contributed by atoms with Gasteiger partial charge in [0, 0.05) is 11.8 Å². The maximum absolute atomic E-state index is 13.3. The number of nitrogens with one attached hydrogen (secondary N) is 1. The Bertz CT molecular complexity index is 1340. The quantitative estimate of drug-likeness (QED) is 0.376. The van der Waals surface area contributed by atoms with Crippen molar-refractivity contribution in [2.24, 2.45) is 0 Å². The van der Waals surface area contributed by atoms with E-state index in [0.717, 1.165) is 23.1 Å². The van der Waals surface area contributed by atoms with Crippen molar-refractivity contribution in [1.29, 1.82) is 0 Å². The van der Waals surface area contributed by atoms with Gasteiger partial charge in [0.25, 0.3) is 17.7 Å². The van der Waals surface area contributed by atoms with Crippen LogP contribution in [0.25, 0.3) is 0 Å². The van der Waals surface area contributed by atoms with E-state index in [2.05, 4.69) is 5.32 Å². The zero-order valence-electron chi connectivity index (χ0n) is 19.0. The van der Waals surface area contributed by atoms with Crippen molar-refractivity contribution in [2.45, 2.75) is 13.5 Å². The Labute approximate surface area is 204 Å². The number of benzene rings is 3. The molecule has 1 aliphatic rings. The fraction of sp³-hybridized carbons (Fsp3) is 0.154. The molecule has 3 aromatic rings. The molecular weight excluding hydrogens is 474 g/mol. The van der Waals surface area contributed by atoms with Gasteiger partial charge >= 0.3 is 5.97 Å². The van der Waals surface area contributed by atoms with E-state index in [9.17, 15) is 28.0 Å². The number of amides is 3. The van der Waals surface area contributed by atoms with Crippen LogP contribution in [0.4, 0.5) is 14.5 Å². The van der Waals surface area contributed by atoms with Gasteiger partial charge in [-0.2, -0.15) is 0 Å². The lowest BCUT2D eigenvalue weighted by Crippen LogP contribution is -2.29. The minimum atomic E-state index is -1.14. The normalized spacial score (nSPS) is 12.4. The summed E-state index contributed by atoms with van der Waals surface area (Å²) < 4.78 is 36.9. The zero-order chi connectivity index (χ0) is 25.8. The van der Waals surface area contributed by atoms with Gasteiger partial charge in [0.2, 0.25) is 0 Å². The Hall–Kier alpha value is -4.60. The van der Waals surface area contributed by atoms with E-state index >= 15 is 0 Å². The first-order valence-corrected chi connectivity index (χ1v) is 10.9. The van der Waals surface area contributed by atoms with Gasteiger partial charge in [-0.1, -0.05) is 18.2 Å². The number of rotatable bonds is 8. The zero-order valence-corrected chi connectivity index (χ0v) is 19.0. The molecule has 4 rings (SSSR count). The molecule has 0 radical (unpaired) electrons. The van der Waals surface area contributed by atoms with Crippen LogP contribution in [0.5, 0.6) is 5.75 Å². The highest BCUT2D eigenvalue weighted by Crippen LogP contribution is 2.27. The molecule has 0 fully saturated rings. The first-order valence-electron chi connectivity index (χ1n) is 10.9. The summed E-state index contributed by atoms with van der Waals surface area (Å²) in [5.74, 6) is -4.55. The molecule has 3 aromatic carbocycles. The van der Waals surface area contributed by atoms with E-state index in [4.69, 9.17) is 9.47 Å². The highest BCUT2D eigenvalue weighted by atomic mass is 19.2. The number of halogens is 2. The van der Waals surface area contributed by atoms with Crippen molar-refractivity contribution in [3.05, 3.63) is 94.6 Å². The van der Waals surface area contributed by atoms with Gasteiger partial charge in [0.15, 0.2) is 18.2 Å². The van der Waals surface area contributed by atoms with Crippen LogP contribution in [0.3, 0.4) is 0 Å². The second kappa shape index (κ2) is 10.3. The highest BCUT2D eigenvalue weighted by Gasteiger charge is 2.35. The first kappa shape index (κ1) is 24.5. The van der Waals surface area contributed by atoms with Gasteiger partial charge in [-0.3, -0.25) is 19.3 Å². The summed E-state index contributed by atoms with van der Waals surface area (Å²) >= 11 is 0. The Kier molecular flexibility index (Phi) is 7.05. The number of fused-ring (bicyclic) bond motifs is 1. The van der Waals surface area contributed by atoms with Crippen LogP contribution in [-0.2, 0) is 16.1 Å². The van der Waals surface area contributed by atoms with E-state index in [1.54, 1.807) is 37.3 Å². The van der Waals surface area contributed by atoms with Crippen LogP contribution in [0.15, 0.2) is 60.7 Å². The lowest BCUT2D eigenvalue weighted by molar-refractivity contribution is -0.119. The maximum atomic E-state index is 13.3. The molecule has 0 saturated carbocycles. The smallest absolute Gasteiger partial charge is 0.342 e. The van der Waals surface area contributed by atoms with Crippen molar-refractivity contribution < 1.29 is 37.4 Å². The molecular formula is C26H20F2N2O6. The van der Waals surface area contributed by atoms with Crippen LogP contribution in [0.1, 0.15) is 43.6 Å². The molecule has 0 spiro atoms. The number of anilines is 1. The molecule has 0 aromatic heterocycles. The molecule has 36 heavy (non-hydrogen) atoms. The Morgan fingerprint density at radius 2 is 1.61 bits per heavy atom. The van der Waals surface area contributed by atoms with E-state index in [1.807, 2.05) is 0 Å². The van der Waals surface area contributed by atoms with E-state index in [1.165, 1.54) is 12.1 Å². The lowest BCUT2D eigenvalue weighted by Gasteiger charge is -2.16. The molecule has 1 aliphatic heterocycles. The summed E-state index contributed by atoms with van der Waals surface area (Å²) in [4.78, 5) is 51.3.